The fourth-order valence-electron chi connectivity index (χ4n) is 3.01. The van der Waals surface area contributed by atoms with Gasteiger partial charge >= 0.3 is 0 Å². The molecule has 0 aliphatic carbocycles. The van der Waals surface area contributed by atoms with Gasteiger partial charge in [-0.1, -0.05) is 13.0 Å². The van der Waals surface area contributed by atoms with E-state index in [1.165, 1.54) is 30.7 Å². The fraction of sp³-hybridized carbons (Fsp3) is 0.278. The Bertz CT molecular complexity index is 1070. The Kier molecular flexibility index (Phi) is 5.26. The molecule has 1 aromatic carbocycles. The number of pyridine rings is 1. The molecule has 2 atom stereocenters. The van der Waals surface area contributed by atoms with Crippen LogP contribution in [-0.2, 0) is 21.9 Å². The first-order valence-electron chi connectivity index (χ1n) is 8.29. The van der Waals surface area contributed by atoms with Crippen molar-refractivity contribution in [3.63, 3.8) is 0 Å². The van der Waals surface area contributed by atoms with Gasteiger partial charge in [0, 0.05) is 42.1 Å². The maximum atomic E-state index is 14.5. The van der Waals surface area contributed by atoms with E-state index in [4.69, 9.17) is 0 Å². The molecule has 0 aliphatic rings. The largest absolute Gasteiger partial charge is 0.384 e. The molecule has 3 rings (SSSR count). The van der Waals surface area contributed by atoms with Gasteiger partial charge in [0.15, 0.2) is 9.84 Å². The number of benzene rings is 1. The summed E-state index contributed by atoms with van der Waals surface area (Å²) in [7, 11) is -3.44. The Morgan fingerprint density at radius 3 is 2.50 bits per heavy atom. The molecule has 3 aromatic rings. The number of halogens is 2. The van der Waals surface area contributed by atoms with E-state index >= 15 is 0 Å². The second-order valence-electron chi connectivity index (χ2n) is 6.57. The summed E-state index contributed by atoms with van der Waals surface area (Å²) >= 11 is 0. The van der Waals surface area contributed by atoms with E-state index in [2.05, 4.69) is 20.2 Å². The van der Waals surface area contributed by atoms with Crippen LogP contribution < -0.4 is 0 Å². The molecule has 2 aromatic heterocycles. The maximum absolute atomic E-state index is 14.5. The molecule has 148 valence electrons. The van der Waals surface area contributed by atoms with E-state index in [-0.39, 0.29) is 16.9 Å². The van der Waals surface area contributed by atoms with Gasteiger partial charge in [0.2, 0.25) is 0 Å². The van der Waals surface area contributed by atoms with E-state index < -0.39 is 33.0 Å². The lowest BCUT2D eigenvalue weighted by molar-refractivity contribution is 0.00619. The number of aromatic amines is 1. The lowest BCUT2D eigenvalue weighted by Gasteiger charge is -2.34. The van der Waals surface area contributed by atoms with Crippen LogP contribution in [0.25, 0.3) is 0 Å². The van der Waals surface area contributed by atoms with Gasteiger partial charge in [0.05, 0.1) is 4.90 Å². The topological polar surface area (TPSA) is 109 Å². The number of hydrogen-bond acceptors (Lipinski definition) is 6. The first-order valence-corrected chi connectivity index (χ1v) is 10.2. The van der Waals surface area contributed by atoms with Crippen LogP contribution in [0.2, 0.25) is 0 Å². The molecule has 0 saturated carbocycles. The fourth-order valence-corrected chi connectivity index (χ4v) is 3.56. The summed E-state index contributed by atoms with van der Waals surface area (Å²) in [4.78, 5) is 8.13. The molecule has 0 saturated heterocycles. The Balaban J connectivity index is 2.07. The van der Waals surface area contributed by atoms with Crippen molar-refractivity contribution in [2.45, 2.75) is 29.8 Å². The van der Waals surface area contributed by atoms with Crippen LogP contribution in [0.3, 0.4) is 0 Å². The lowest BCUT2D eigenvalue weighted by atomic mass is 9.77. The van der Waals surface area contributed by atoms with Crippen molar-refractivity contribution in [3.05, 3.63) is 71.6 Å². The minimum atomic E-state index is -3.44. The van der Waals surface area contributed by atoms with E-state index in [0.29, 0.717) is 17.6 Å². The molecule has 0 spiro atoms. The minimum Gasteiger partial charge on any atom is -0.384 e. The molecule has 28 heavy (non-hydrogen) atoms. The molecule has 0 bridgehead atoms. The zero-order valence-corrected chi connectivity index (χ0v) is 15.9. The van der Waals surface area contributed by atoms with Gasteiger partial charge in [-0.25, -0.2) is 22.2 Å². The van der Waals surface area contributed by atoms with Crippen LogP contribution in [0.1, 0.15) is 29.9 Å². The summed E-state index contributed by atoms with van der Waals surface area (Å²) in [5, 5.41) is 17.8. The van der Waals surface area contributed by atoms with Gasteiger partial charge in [-0.3, -0.25) is 10.1 Å². The van der Waals surface area contributed by atoms with Crippen molar-refractivity contribution in [1.29, 1.82) is 0 Å². The number of nitrogens with one attached hydrogen (secondary N) is 1. The summed E-state index contributed by atoms with van der Waals surface area (Å²) in [6.45, 7) is 1.61. The molecule has 0 fully saturated rings. The quantitative estimate of drug-likeness (QED) is 0.647. The normalized spacial score (nSPS) is 15.2. The third-order valence-corrected chi connectivity index (χ3v) is 5.74. The molecule has 10 heteroatoms. The van der Waals surface area contributed by atoms with Gasteiger partial charge in [0.1, 0.15) is 29.4 Å². The zero-order valence-electron chi connectivity index (χ0n) is 15.1. The Hall–Kier alpha value is -2.72. The highest BCUT2D eigenvalue weighted by Crippen LogP contribution is 2.39. The van der Waals surface area contributed by atoms with Gasteiger partial charge in [0.25, 0.3) is 0 Å². The summed E-state index contributed by atoms with van der Waals surface area (Å²) < 4.78 is 51.2. The van der Waals surface area contributed by atoms with Crippen LogP contribution in [0.4, 0.5) is 8.78 Å². The number of H-pyrrole nitrogens is 1. The molecule has 0 amide bonds. The van der Waals surface area contributed by atoms with Crippen LogP contribution in [-0.4, -0.2) is 39.9 Å². The third-order valence-electron chi connectivity index (χ3n) is 4.65. The maximum Gasteiger partial charge on any atom is 0.177 e. The average molecular weight is 408 g/mol. The number of sulfone groups is 1. The monoisotopic (exact) mass is 408 g/mol. The standard InChI is InChI=1S/C18H18F2N4O3S/c1-11(16-6-4-13(9-21-16)28(2,26)27)18(25,8-17-22-10-23-24-17)14-5-3-12(19)7-15(14)20/h3-7,9-11,25H,8H2,1-2H3,(H,22,23,24). The highest BCUT2D eigenvalue weighted by Gasteiger charge is 2.40. The number of nitrogens with zero attached hydrogens (tertiary/aromatic N) is 3. The summed E-state index contributed by atoms with van der Waals surface area (Å²) in [6, 6.07) is 5.73. The number of rotatable bonds is 6. The summed E-state index contributed by atoms with van der Waals surface area (Å²) in [6.07, 6.45) is 3.34. The Morgan fingerprint density at radius 2 is 1.96 bits per heavy atom. The number of aromatic nitrogens is 4. The van der Waals surface area contributed by atoms with Crippen molar-refractivity contribution < 1.29 is 22.3 Å². The van der Waals surface area contributed by atoms with Gasteiger partial charge in [-0.15, -0.1) is 0 Å². The molecular weight excluding hydrogens is 390 g/mol. The van der Waals surface area contributed by atoms with Crippen molar-refractivity contribution in [3.8, 4) is 0 Å². The Morgan fingerprint density at radius 1 is 1.21 bits per heavy atom. The van der Waals surface area contributed by atoms with E-state index in [1.54, 1.807) is 6.92 Å². The molecule has 2 unspecified atom stereocenters. The SMILES string of the molecule is CC(c1ccc(S(C)(=O)=O)cn1)C(O)(Cc1ncn[nH]1)c1ccc(F)cc1F. The number of aliphatic hydroxyl groups is 1. The highest BCUT2D eigenvalue weighted by atomic mass is 32.2. The molecule has 7 nitrogen and oxygen atoms in total. The Labute approximate surface area is 160 Å². The summed E-state index contributed by atoms with van der Waals surface area (Å²) in [5.74, 6) is -2.18. The van der Waals surface area contributed by atoms with Crippen molar-refractivity contribution in [2.24, 2.45) is 0 Å². The second-order valence-corrected chi connectivity index (χ2v) is 8.59. The summed E-state index contributed by atoms with van der Waals surface area (Å²) in [5.41, 5.74) is -1.65. The van der Waals surface area contributed by atoms with Gasteiger partial charge in [-0.05, 0) is 18.2 Å². The van der Waals surface area contributed by atoms with Crippen molar-refractivity contribution >= 4 is 9.84 Å². The molecular formula is C18H18F2N4O3S. The van der Waals surface area contributed by atoms with Crippen LogP contribution >= 0.6 is 0 Å². The van der Waals surface area contributed by atoms with Gasteiger partial charge in [-0.2, -0.15) is 5.10 Å². The third kappa shape index (κ3) is 3.92. The predicted molar refractivity (Wildman–Crippen MR) is 96.1 cm³/mol. The van der Waals surface area contributed by atoms with Gasteiger partial charge < -0.3 is 5.11 Å². The van der Waals surface area contributed by atoms with Crippen LogP contribution in [0.15, 0.2) is 47.8 Å². The van der Waals surface area contributed by atoms with Crippen molar-refractivity contribution in [2.75, 3.05) is 6.26 Å². The number of hydrogen-bond donors (Lipinski definition) is 2. The first kappa shape index (κ1) is 20.0. The van der Waals surface area contributed by atoms with Crippen LogP contribution in [0, 0.1) is 11.6 Å². The first-order chi connectivity index (χ1) is 13.1. The van der Waals surface area contributed by atoms with E-state index in [0.717, 1.165) is 12.3 Å². The molecule has 2 N–H and O–H groups in total. The van der Waals surface area contributed by atoms with Crippen LogP contribution in [0.5, 0.6) is 0 Å². The van der Waals surface area contributed by atoms with Crippen molar-refractivity contribution in [1.82, 2.24) is 20.2 Å². The average Bonchev–Trinajstić information content (AvgIpc) is 3.13. The molecule has 0 radical (unpaired) electrons. The molecule has 0 aliphatic heterocycles. The molecule has 2 heterocycles. The smallest absolute Gasteiger partial charge is 0.177 e. The van der Waals surface area contributed by atoms with E-state index in [9.17, 15) is 22.3 Å². The minimum absolute atomic E-state index is 0.0233. The zero-order chi connectivity index (χ0) is 20.5. The lowest BCUT2D eigenvalue weighted by Crippen LogP contribution is -2.36. The second kappa shape index (κ2) is 7.36. The predicted octanol–water partition coefficient (Wildman–Crippen LogP) is 2.12. The highest BCUT2D eigenvalue weighted by molar-refractivity contribution is 7.90. The van der Waals surface area contributed by atoms with E-state index in [1.807, 2.05) is 0 Å².